The van der Waals surface area contributed by atoms with Crippen LogP contribution in [0.25, 0.3) is 0 Å². The Hall–Kier alpha value is -3.24. The number of urea groups is 1. The number of nitrogens with one attached hydrogen (secondary N) is 1. The molecule has 9 nitrogen and oxygen atoms in total. The molecule has 2 fully saturated rings. The van der Waals surface area contributed by atoms with E-state index in [4.69, 9.17) is 0 Å². The summed E-state index contributed by atoms with van der Waals surface area (Å²) >= 11 is 0. The molecule has 0 radical (unpaired) electrons. The lowest BCUT2D eigenvalue weighted by molar-refractivity contribution is -0.131. The van der Waals surface area contributed by atoms with Gasteiger partial charge in [0.1, 0.15) is 6.04 Å². The van der Waals surface area contributed by atoms with Gasteiger partial charge in [0.05, 0.1) is 24.7 Å². The number of carbonyl (C=O) groups is 3. The Bertz CT molecular complexity index is 1160. The Labute approximate surface area is 199 Å². The summed E-state index contributed by atoms with van der Waals surface area (Å²) in [7, 11) is -1.46. The van der Waals surface area contributed by atoms with E-state index in [0.29, 0.717) is 6.42 Å². The molecule has 0 saturated carbocycles. The molecule has 4 amide bonds. The molecule has 180 valence electrons. The van der Waals surface area contributed by atoms with Crippen molar-refractivity contribution in [2.24, 2.45) is 0 Å². The van der Waals surface area contributed by atoms with E-state index in [1.807, 2.05) is 60.7 Å². The molecular weight excluding hydrogens is 456 g/mol. The molecule has 0 bridgehead atoms. The smallest absolute Gasteiger partial charge is 0.329 e. The highest BCUT2D eigenvalue weighted by molar-refractivity contribution is 7.91. The zero-order valence-corrected chi connectivity index (χ0v) is 19.8. The van der Waals surface area contributed by atoms with Crippen molar-refractivity contribution in [3.63, 3.8) is 0 Å². The van der Waals surface area contributed by atoms with Gasteiger partial charge in [0.25, 0.3) is 5.91 Å². The summed E-state index contributed by atoms with van der Waals surface area (Å²) in [6.45, 7) is 0.160. The van der Waals surface area contributed by atoms with Crippen molar-refractivity contribution in [3.8, 4) is 0 Å². The summed E-state index contributed by atoms with van der Waals surface area (Å²) in [5.74, 6) is -0.674. The average Bonchev–Trinajstić information content (AvgIpc) is 3.25. The SMILES string of the molecule is CN(CC(=O)NC1CCS(=O)(=O)C1)CN1C(=O)C(c2ccccc2)N(Cc2ccccc2)C1=O. The molecular formula is C24H28N4O5S. The third-order valence-corrected chi connectivity index (χ3v) is 7.76. The lowest BCUT2D eigenvalue weighted by atomic mass is 10.1. The van der Waals surface area contributed by atoms with Gasteiger partial charge in [-0.1, -0.05) is 60.7 Å². The number of rotatable bonds is 8. The maximum atomic E-state index is 13.4. The van der Waals surface area contributed by atoms with Crippen LogP contribution in [-0.2, 0) is 26.0 Å². The van der Waals surface area contributed by atoms with Crippen LogP contribution in [0.3, 0.4) is 0 Å². The molecule has 4 rings (SSSR count). The second-order valence-electron chi connectivity index (χ2n) is 8.80. The van der Waals surface area contributed by atoms with E-state index in [2.05, 4.69) is 5.32 Å². The average molecular weight is 485 g/mol. The van der Waals surface area contributed by atoms with Gasteiger partial charge in [-0.05, 0) is 24.6 Å². The van der Waals surface area contributed by atoms with Crippen LogP contribution in [-0.4, -0.2) is 78.8 Å². The Morgan fingerprint density at radius 1 is 1.06 bits per heavy atom. The topological polar surface area (TPSA) is 107 Å². The third kappa shape index (κ3) is 5.45. The Kier molecular flexibility index (Phi) is 6.99. The van der Waals surface area contributed by atoms with E-state index in [1.165, 1.54) is 0 Å². The molecule has 1 N–H and O–H groups in total. The van der Waals surface area contributed by atoms with Crippen LogP contribution < -0.4 is 5.32 Å². The van der Waals surface area contributed by atoms with Gasteiger partial charge in [0.15, 0.2) is 9.84 Å². The maximum Gasteiger partial charge on any atom is 0.329 e. The third-order valence-electron chi connectivity index (χ3n) is 5.99. The second kappa shape index (κ2) is 9.94. The van der Waals surface area contributed by atoms with Crippen molar-refractivity contribution in [1.82, 2.24) is 20.0 Å². The van der Waals surface area contributed by atoms with Crippen molar-refractivity contribution in [2.75, 3.05) is 31.8 Å². The van der Waals surface area contributed by atoms with Gasteiger partial charge < -0.3 is 10.2 Å². The number of likely N-dealkylation sites (N-methyl/N-ethyl adjacent to an activating group) is 1. The standard InChI is InChI=1S/C24H28N4O5S/c1-26(15-21(29)25-20-12-13-34(32,33)16-20)17-28-23(30)22(19-10-6-3-7-11-19)27(24(28)31)14-18-8-4-2-5-9-18/h2-11,20,22H,12-17H2,1H3,(H,25,29). The van der Waals surface area contributed by atoms with Crippen LogP contribution in [0.15, 0.2) is 60.7 Å². The molecule has 2 unspecified atom stereocenters. The molecule has 2 atom stereocenters. The lowest BCUT2D eigenvalue weighted by Gasteiger charge is -2.23. The molecule has 2 aliphatic heterocycles. The highest BCUT2D eigenvalue weighted by Crippen LogP contribution is 2.32. The van der Waals surface area contributed by atoms with E-state index in [-0.39, 0.29) is 43.1 Å². The quantitative estimate of drug-likeness (QED) is 0.568. The molecule has 0 aliphatic carbocycles. The maximum absolute atomic E-state index is 13.4. The highest BCUT2D eigenvalue weighted by Gasteiger charge is 2.46. The predicted molar refractivity (Wildman–Crippen MR) is 126 cm³/mol. The van der Waals surface area contributed by atoms with E-state index < -0.39 is 28.0 Å². The van der Waals surface area contributed by atoms with E-state index in [9.17, 15) is 22.8 Å². The lowest BCUT2D eigenvalue weighted by Crippen LogP contribution is -2.46. The largest absolute Gasteiger partial charge is 0.351 e. The van der Waals surface area contributed by atoms with Crippen molar-refractivity contribution in [1.29, 1.82) is 0 Å². The van der Waals surface area contributed by atoms with E-state index >= 15 is 0 Å². The van der Waals surface area contributed by atoms with Gasteiger partial charge >= 0.3 is 6.03 Å². The van der Waals surface area contributed by atoms with Gasteiger partial charge in [-0.15, -0.1) is 0 Å². The number of amides is 4. The van der Waals surface area contributed by atoms with E-state index in [0.717, 1.165) is 16.0 Å². The van der Waals surface area contributed by atoms with Crippen LogP contribution >= 0.6 is 0 Å². The zero-order chi connectivity index (χ0) is 24.3. The highest BCUT2D eigenvalue weighted by atomic mass is 32.2. The first-order chi connectivity index (χ1) is 16.2. The Balaban J connectivity index is 1.45. The molecule has 2 aliphatic rings. The molecule has 0 spiro atoms. The van der Waals surface area contributed by atoms with Gasteiger partial charge in [-0.2, -0.15) is 0 Å². The van der Waals surface area contributed by atoms with Gasteiger partial charge in [0, 0.05) is 12.6 Å². The summed E-state index contributed by atoms with van der Waals surface area (Å²) in [5, 5.41) is 2.73. The molecule has 2 heterocycles. The minimum atomic E-state index is -3.10. The minimum Gasteiger partial charge on any atom is -0.351 e. The number of nitrogens with zero attached hydrogens (tertiary/aromatic N) is 3. The molecule has 34 heavy (non-hydrogen) atoms. The van der Waals surface area contributed by atoms with Crippen LogP contribution in [0.5, 0.6) is 0 Å². The number of hydrogen-bond acceptors (Lipinski definition) is 6. The van der Waals surface area contributed by atoms with Crippen molar-refractivity contribution in [3.05, 3.63) is 71.8 Å². The summed E-state index contributed by atoms with van der Waals surface area (Å²) in [6.07, 6.45) is 0.397. The van der Waals surface area contributed by atoms with Crippen LogP contribution in [0.2, 0.25) is 0 Å². The summed E-state index contributed by atoms with van der Waals surface area (Å²) in [6, 6.07) is 17.1. The molecule has 10 heteroatoms. The van der Waals surface area contributed by atoms with Crippen molar-refractivity contribution in [2.45, 2.75) is 25.0 Å². The zero-order valence-electron chi connectivity index (χ0n) is 19.0. The minimum absolute atomic E-state index is 0.0529. The fourth-order valence-corrected chi connectivity index (χ4v) is 6.06. The fraction of sp³-hybridized carbons (Fsp3) is 0.375. The van der Waals surface area contributed by atoms with Crippen LogP contribution in [0, 0.1) is 0 Å². The number of carbonyl (C=O) groups excluding carboxylic acids is 3. The number of benzene rings is 2. The normalized spacial score (nSPS) is 21.9. The van der Waals surface area contributed by atoms with Gasteiger partial charge in [-0.3, -0.25) is 14.5 Å². The van der Waals surface area contributed by atoms with Gasteiger partial charge in [0.2, 0.25) is 5.91 Å². The van der Waals surface area contributed by atoms with Crippen LogP contribution in [0.1, 0.15) is 23.6 Å². The van der Waals surface area contributed by atoms with Gasteiger partial charge in [-0.25, -0.2) is 18.1 Å². The summed E-state index contributed by atoms with van der Waals surface area (Å²) in [4.78, 5) is 43.4. The van der Waals surface area contributed by atoms with Crippen molar-refractivity contribution < 1.29 is 22.8 Å². The van der Waals surface area contributed by atoms with Crippen molar-refractivity contribution >= 4 is 27.7 Å². The molecule has 2 saturated heterocycles. The first-order valence-electron chi connectivity index (χ1n) is 11.1. The number of sulfone groups is 1. The monoisotopic (exact) mass is 484 g/mol. The van der Waals surface area contributed by atoms with E-state index in [1.54, 1.807) is 16.8 Å². The number of imide groups is 1. The fourth-order valence-electron chi connectivity index (χ4n) is 4.39. The molecule has 2 aromatic carbocycles. The first-order valence-corrected chi connectivity index (χ1v) is 12.9. The van der Waals surface area contributed by atoms with Crippen LogP contribution in [0.4, 0.5) is 4.79 Å². The Morgan fingerprint density at radius 3 is 2.32 bits per heavy atom. The second-order valence-corrected chi connectivity index (χ2v) is 11.0. The summed E-state index contributed by atoms with van der Waals surface area (Å²) in [5.41, 5.74) is 1.63. The predicted octanol–water partition coefficient (Wildman–Crippen LogP) is 1.38. The molecule has 2 aromatic rings. The molecule has 0 aromatic heterocycles. The first kappa shape index (κ1) is 23.9. The Morgan fingerprint density at radius 2 is 1.71 bits per heavy atom. The summed E-state index contributed by atoms with van der Waals surface area (Å²) < 4.78 is 23.2. The number of hydrogen-bond donors (Lipinski definition) is 1.